The maximum atomic E-state index is 12.8. The highest BCUT2D eigenvalue weighted by Gasteiger charge is 2.20. The van der Waals surface area contributed by atoms with E-state index in [1.54, 1.807) is 54.6 Å². The number of non-ortho nitro benzene ring substituents is 1. The third-order valence-corrected chi connectivity index (χ3v) is 6.25. The molecule has 0 atom stereocenters. The van der Waals surface area contributed by atoms with Crippen LogP contribution >= 0.6 is 11.8 Å². The molecule has 3 aromatic carbocycles. The monoisotopic (exact) mass is 416 g/mol. The number of methoxy groups -OCH3 is 1. The van der Waals surface area contributed by atoms with Crippen molar-refractivity contribution >= 4 is 33.2 Å². The van der Waals surface area contributed by atoms with Gasteiger partial charge >= 0.3 is 0 Å². The lowest BCUT2D eigenvalue weighted by Gasteiger charge is -2.14. The van der Waals surface area contributed by atoms with Crippen LogP contribution in [0.4, 0.5) is 11.4 Å². The number of anilines is 1. The fourth-order valence-electron chi connectivity index (χ4n) is 2.44. The van der Waals surface area contributed by atoms with Crippen LogP contribution in [-0.4, -0.2) is 20.5 Å². The Hall–Kier alpha value is -3.04. The molecule has 1 N–H and O–H groups in total. The van der Waals surface area contributed by atoms with Gasteiger partial charge in [0.25, 0.3) is 15.7 Å². The first kappa shape index (κ1) is 19.7. The second-order valence-electron chi connectivity index (χ2n) is 5.61. The van der Waals surface area contributed by atoms with Crippen LogP contribution in [-0.2, 0) is 10.0 Å². The molecule has 0 aliphatic carbocycles. The molecule has 0 saturated carbocycles. The van der Waals surface area contributed by atoms with Gasteiger partial charge in [0.15, 0.2) is 0 Å². The Balaban J connectivity index is 1.89. The summed E-state index contributed by atoms with van der Waals surface area (Å²) >= 11 is 1.30. The van der Waals surface area contributed by atoms with E-state index in [9.17, 15) is 18.5 Å². The number of nitro groups is 1. The minimum absolute atomic E-state index is 0.00508. The molecule has 28 heavy (non-hydrogen) atoms. The van der Waals surface area contributed by atoms with E-state index in [0.717, 1.165) is 4.90 Å². The maximum Gasteiger partial charge on any atom is 0.269 e. The number of rotatable bonds is 7. The lowest BCUT2D eigenvalue weighted by Crippen LogP contribution is -2.14. The number of ether oxygens (including phenoxy) is 1. The van der Waals surface area contributed by atoms with Crippen LogP contribution in [0.1, 0.15) is 0 Å². The highest BCUT2D eigenvalue weighted by atomic mass is 32.2. The van der Waals surface area contributed by atoms with E-state index in [2.05, 4.69) is 4.72 Å². The quantitative estimate of drug-likeness (QED) is 0.448. The highest BCUT2D eigenvalue weighted by molar-refractivity contribution is 7.99. The summed E-state index contributed by atoms with van der Waals surface area (Å²) in [5.41, 5.74) is 0.395. The molecular formula is C19H16N2O5S2. The first-order valence-electron chi connectivity index (χ1n) is 8.08. The van der Waals surface area contributed by atoms with Gasteiger partial charge in [-0.3, -0.25) is 14.8 Å². The second kappa shape index (κ2) is 8.32. The van der Waals surface area contributed by atoms with Gasteiger partial charge in [-0.25, -0.2) is 8.42 Å². The Kier molecular flexibility index (Phi) is 5.86. The van der Waals surface area contributed by atoms with Crippen molar-refractivity contribution in [2.24, 2.45) is 0 Å². The number of nitrogens with one attached hydrogen (secondary N) is 1. The minimum Gasteiger partial charge on any atom is -0.495 e. The zero-order chi connectivity index (χ0) is 20.1. The summed E-state index contributed by atoms with van der Waals surface area (Å²) in [5, 5.41) is 10.8. The number of benzene rings is 3. The molecule has 0 amide bonds. The van der Waals surface area contributed by atoms with Gasteiger partial charge in [0, 0.05) is 21.9 Å². The molecule has 0 saturated heterocycles. The zero-order valence-corrected chi connectivity index (χ0v) is 16.4. The summed E-state index contributed by atoms with van der Waals surface area (Å²) in [6.45, 7) is 0. The van der Waals surface area contributed by atoms with Crippen molar-refractivity contribution in [3.8, 4) is 5.75 Å². The van der Waals surface area contributed by atoms with Gasteiger partial charge in [-0.1, -0.05) is 36.0 Å². The molecule has 0 radical (unpaired) electrons. The van der Waals surface area contributed by atoms with Gasteiger partial charge in [-0.2, -0.15) is 0 Å². The molecule has 0 spiro atoms. The van der Waals surface area contributed by atoms with Crippen LogP contribution in [0.5, 0.6) is 5.75 Å². The SMILES string of the molecule is COc1ccccc1S(=O)(=O)Nc1ccccc1Sc1ccc([N+](=O)[O-])cc1. The van der Waals surface area contributed by atoms with E-state index in [1.807, 2.05) is 0 Å². The fraction of sp³-hybridized carbons (Fsp3) is 0.0526. The van der Waals surface area contributed by atoms with Gasteiger partial charge in [0.1, 0.15) is 10.6 Å². The first-order valence-corrected chi connectivity index (χ1v) is 10.4. The number of nitrogens with zero attached hydrogens (tertiary/aromatic N) is 1. The van der Waals surface area contributed by atoms with Crippen molar-refractivity contribution in [1.82, 2.24) is 0 Å². The summed E-state index contributed by atoms with van der Waals surface area (Å²) < 4.78 is 33.4. The van der Waals surface area contributed by atoms with Crippen LogP contribution in [0.25, 0.3) is 0 Å². The summed E-state index contributed by atoms with van der Waals surface area (Å²) in [4.78, 5) is 11.8. The first-order chi connectivity index (χ1) is 13.4. The van der Waals surface area contributed by atoms with Crippen LogP contribution < -0.4 is 9.46 Å². The summed E-state index contributed by atoms with van der Waals surface area (Å²) in [7, 11) is -2.46. The van der Waals surface area contributed by atoms with Crippen molar-refractivity contribution in [2.75, 3.05) is 11.8 Å². The van der Waals surface area contributed by atoms with Crippen molar-refractivity contribution < 1.29 is 18.1 Å². The Bertz CT molecular complexity index is 1100. The Morgan fingerprint density at radius 3 is 2.29 bits per heavy atom. The topological polar surface area (TPSA) is 98.5 Å². The molecule has 144 valence electrons. The highest BCUT2D eigenvalue weighted by Crippen LogP contribution is 2.35. The Labute approximate surface area is 166 Å². The third-order valence-electron chi connectivity index (χ3n) is 3.77. The molecule has 0 aliphatic rings. The standard InChI is InChI=1S/C19H16N2O5S2/c1-26-17-7-3-5-9-19(17)28(24,25)20-16-6-2-4-8-18(16)27-15-12-10-14(11-13-15)21(22)23/h2-13,20H,1H3. The molecule has 0 unspecified atom stereocenters. The van der Waals surface area contributed by atoms with Crippen molar-refractivity contribution in [1.29, 1.82) is 0 Å². The molecule has 0 aliphatic heterocycles. The molecule has 0 aromatic heterocycles. The van der Waals surface area contributed by atoms with Crippen molar-refractivity contribution in [3.63, 3.8) is 0 Å². The predicted molar refractivity (Wildman–Crippen MR) is 107 cm³/mol. The van der Waals surface area contributed by atoms with Crippen molar-refractivity contribution in [3.05, 3.63) is 82.9 Å². The summed E-state index contributed by atoms with van der Waals surface area (Å²) in [6, 6.07) is 19.3. The zero-order valence-electron chi connectivity index (χ0n) is 14.7. The van der Waals surface area contributed by atoms with E-state index >= 15 is 0 Å². The van der Waals surface area contributed by atoms with E-state index in [-0.39, 0.29) is 16.3 Å². The van der Waals surface area contributed by atoms with E-state index in [0.29, 0.717) is 10.6 Å². The Morgan fingerprint density at radius 1 is 0.964 bits per heavy atom. The lowest BCUT2D eigenvalue weighted by molar-refractivity contribution is -0.384. The van der Waals surface area contributed by atoms with Crippen LogP contribution in [0.3, 0.4) is 0 Å². The van der Waals surface area contributed by atoms with E-state index in [4.69, 9.17) is 4.74 Å². The number of hydrogen-bond acceptors (Lipinski definition) is 6. The van der Waals surface area contributed by atoms with Gasteiger partial charge < -0.3 is 4.74 Å². The Morgan fingerprint density at radius 2 is 1.61 bits per heavy atom. The maximum absolute atomic E-state index is 12.8. The smallest absolute Gasteiger partial charge is 0.269 e. The van der Waals surface area contributed by atoms with Gasteiger partial charge in [0.2, 0.25) is 0 Å². The largest absolute Gasteiger partial charge is 0.495 e. The van der Waals surface area contributed by atoms with Crippen LogP contribution in [0, 0.1) is 10.1 Å². The predicted octanol–water partition coefficient (Wildman–Crippen LogP) is 4.56. The lowest BCUT2D eigenvalue weighted by atomic mass is 10.3. The average molecular weight is 416 g/mol. The van der Waals surface area contributed by atoms with Gasteiger partial charge in [0.05, 0.1) is 17.7 Å². The van der Waals surface area contributed by atoms with Crippen LogP contribution in [0.2, 0.25) is 0 Å². The molecule has 3 aromatic rings. The fourth-order valence-corrected chi connectivity index (χ4v) is 4.66. The number of para-hydroxylation sites is 2. The van der Waals surface area contributed by atoms with E-state index < -0.39 is 14.9 Å². The van der Waals surface area contributed by atoms with Gasteiger partial charge in [-0.05, 0) is 36.4 Å². The van der Waals surface area contributed by atoms with Crippen molar-refractivity contribution in [2.45, 2.75) is 14.7 Å². The second-order valence-corrected chi connectivity index (χ2v) is 8.37. The summed E-state index contributed by atoms with van der Waals surface area (Å²) in [5.74, 6) is 0.246. The molecule has 3 rings (SSSR count). The number of nitro benzene ring substituents is 1. The average Bonchev–Trinajstić information content (AvgIpc) is 2.69. The molecule has 0 heterocycles. The third kappa shape index (κ3) is 4.44. The van der Waals surface area contributed by atoms with Gasteiger partial charge in [-0.15, -0.1) is 0 Å². The molecule has 0 bridgehead atoms. The minimum atomic E-state index is -3.87. The summed E-state index contributed by atoms with van der Waals surface area (Å²) in [6.07, 6.45) is 0. The molecule has 9 heteroatoms. The molecule has 0 fully saturated rings. The molecular weight excluding hydrogens is 400 g/mol. The number of hydrogen-bond donors (Lipinski definition) is 1. The van der Waals surface area contributed by atoms with Crippen LogP contribution in [0.15, 0.2) is 87.5 Å². The number of sulfonamides is 1. The normalized spacial score (nSPS) is 11.0. The molecule has 7 nitrogen and oxygen atoms in total. The van der Waals surface area contributed by atoms with E-state index in [1.165, 1.54) is 37.1 Å².